The zero-order valence-corrected chi connectivity index (χ0v) is 10.2. The summed E-state index contributed by atoms with van der Waals surface area (Å²) in [6, 6.07) is 5.10. The van der Waals surface area contributed by atoms with Crippen molar-refractivity contribution < 1.29 is 9.13 Å². The molecule has 0 saturated heterocycles. The van der Waals surface area contributed by atoms with Gasteiger partial charge in [0.25, 0.3) is 0 Å². The van der Waals surface area contributed by atoms with Gasteiger partial charge >= 0.3 is 0 Å². The lowest BCUT2D eigenvalue weighted by atomic mass is 10.1. The van der Waals surface area contributed by atoms with Crippen molar-refractivity contribution >= 4 is 5.96 Å². The Balaban J connectivity index is 1.73. The quantitative estimate of drug-likeness (QED) is 0.618. The normalized spacial score (nSPS) is 22.3. The van der Waals surface area contributed by atoms with Crippen LogP contribution in [0.1, 0.15) is 24.4 Å². The van der Waals surface area contributed by atoms with Crippen LogP contribution in [0.25, 0.3) is 0 Å². The largest absolute Gasteiger partial charge is 0.491 e. The lowest BCUT2D eigenvalue weighted by Crippen LogP contribution is -2.41. The van der Waals surface area contributed by atoms with Gasteiger partial charge in [0.15, 0.2) is 5.96 Å². The molecule has 1 aliphatic carbocycles. The van der Waals surface area contributed by atoms with E-state index < -0.39 is 0 Å². The first-order valence-electron chi connectivity index (χ1n) is 6.18. The van der Waals surface area contributed by atoms with E-state index in [4.69, 9.17) is 4.74 Å². The van der Waals surface area contributed by atoms with Gasteiger partial charge in [-0.25, -0.2) is 4.39 Å². The van der Waals surface area contributed by atoms with Crippen molar-refractivity contribution in [1.29, 1.82) is 0 Å². The molecule has 3 rings (SSSR count). The molecule has 2 aliphatic rings. The van der Waals surface area contributed by atoms with Crippen LogP contribution in [-0.4, -0.2) is 25.7 Å². The van der Waals surface area contributed by atoms with Crippen LogP contribution in [0.5, 0.6) is 5.75 Å². The molecule has 96 valence electrons. The molecule has 4 nitrogen and oxygen atoms in total. The molecule has 5 heteroatoms. The van der Waals surface area contributed by atoms with Gasteiger partial charge in [0, 0.05) is 18.7 Å². The highest BCUT2D eigenvalue weighted by molar-refractivity contribution is 5.81. The highest BCUT2D eigenvalue weighted by atomic mass is 19.1. The van der Waals surface area contributed by atoms with Crippen LogP contribution in [-0.2, 0) is 0 Å². The van der Waals surface area contributed by atoms with Crippen molar-refractivity contribution in [1.82, 2.24) is 10.6 Å². The van der Waals surface area contributed by atoms with Crippen LogP contribution < -0.4 is 15.4 Å². The SMILES string of the molecule is CN=C(NC1CC1)NC1COc2ccc(F)cc21. The van der Waals surface area contributed by atoms with Gasteiger partial charge in [0.1, 0.15) is 18.2 Å². The highest BCUT2D eigenvalue weighted by Gasteiger charge is 2.27. The van der Waals surface area contributed by atoms with E-state index >= 15 is 0 Å². The molecule has 0 aromatic heterocycles. The number of halogens is 1. The summed E-state index contributed by atoms with van der Waals surface area (Å²) >= 11 is 0. The molecule has 1 aliphatic heterocycles. The number of hydrogen-bond acceptors (Lipinski definition) is 2. The molecule has 18 heavy (non-hydrogen) atoms. The minimum atomic E-state index is -0.240. The molecular weight excluding hydrogens is 233 g/mol. The summed E-state index contributed by atoms with van der Waals surface area (Å²) in [6.07, 6.45) is 2.38. The first-order valence-corrected chi connectivity index (χ1v) is 6.18. The Kier molecular flexibility index (Phi) is 2.81. The van der Waals surface area contributed by atoms with Crippen LogP contribution in [0.3, 0.4) is 0 Å². The van der Waals surface area contributed by atoms with E-state index in [0.717, 1.165) is 17.3 Å². The van der Waals surface area contributed by atoms with E-state index in [2.05, 4.69) is 15.6 Å². The number of nitrogens with one attached hydrogen (secondary N) is 2. The van der Waals surface area contributed by atoms with Gasteiger partial charge in [-0.1, -0.05) is 0 Å². The summed E-state index contributed by atoms with van der Waals surface area (Å²) in [5.74, 6) is 1.26. The molecule has 1 heterocycles. The molecule has 0 bridgehead atoms. The third-order valence-electron chi connectivity index (χ3n) is 3.21. The topological polar surface area (TPSA) is 45.7 Å². The van der Waals surface area contributed by atoms with E-state index in [9.17, 15) is 4.39 Å². The van der Waals surface area contributed by atoms with E-state index in [1.54, 1.807) is 13.1 Å². The molecule has 0 radical (unpaired) electrons. The fourth-order valence-electron chi connectivity index (χ4n) is 2.06. The molecule has 1 atom stereocenters. The van der Waals surface area contributed by atoms with Gasteiger partial charge in [0.05, 0.1) is 6.04 Å². The van der Waals surface area contributed by atoms with Crippen LogP contribution in [0, 0.1) is 5.82 Å². The number of ether oxygens (including phenoxy) is 1. The summed E-state index contributed by atoms with van der Waals surface area (Å²) in [4.78, 5) is 4.17. The maximum Gasteiger partial charge on any atom is 0.191 e. The van der Waals surface area contributed by atoms with Gasteiger partial charge in [-0.2, -0.15) is 0 Å². The van der Waals surface area contributed by atoms with Crippen LogP contribution in [0.15, 0.2) is 23.2 Å². The summed E-state index contributed by atoms with van der Waals surface area (Å²) in [7, 11) is 1.74. The zero-order valence-electron chi connectivity index (χ0n) is 10.2. The maximum absolute atomic E-state index is 13.2. The van der Waals surface area contributed by atoms with Crippen molar-refractivity contribution in [3.63, 3.8) is 0 Å². The third kappa shape index (κ3) is 2.25. The Hall–Kier alpha value is -1.78. The second-order valence-corrected chi connectivity index (χ2v) is 4.68. The van der Waals surface area contributed by atoms with Gasteiger partial charge in [-0.3, -0.25) is 4.99 Å². The third-order valence-corrected chi connectivity index (χ3v) is 3.21. The van der Waals surface area contributed by atoms with Crippen LogP contribution >= 0.6 is 0 Å². The summed E-state index contributed by atoms with van der Waals surface area (Å²) < 4.78 is 18.8. The molecule has 2 N–H and O–H groups in total. The first-order chi connectivity index (χ1) is 8.76. The Morgan fingerprint density at radius 2 is 2.22 bits per heavy atom. The maximum atomic E-state index is 13.2. The van der Waals surface area contributed by atoms with Crippen molar-refractivity contribution in [2.45, 2.75) is 24.9 Å². The van der Waals surface area contributed by atoms with E-state index in [1.807, 2.05) is 0 Å². The number of benzene rings is 1. The number of guanidine groups is 1. The standard InChI is InChI=1S/C13H16FN3O/c1-15-13(16-9-3-4-9)17-11-7-18-12-5-2-8(14)6-10(11)12/h2,5-6,9,11H,3-4,7H2,1H3,(H2,15,16,17). The number of hydrogen-bond donors (Lipinski definition) is 2. The average Bonchev–Trinajstić information content (AvgIpc) is 3.10. The molecular formula is C13H16FN3O. The van der Waals surface area contributed by atoms with E-state index in [0.29, 0.717) is 12.6 Å². The van der Waals surface area contributed by atoms with Gasteiger partial charge < -0.3 is 15.4 Å². The highest BCUT2D eigenvalue weighted by Crippen LogP contribution is 2.32. The molecule has 0 amide bonds. The second-order valence-electron chi connectivity index (χ2n) is 4.68. The van der Waals surface area contributed by atoms with Gasteiger partial charge in [-0.05, 0) is 31.0 Å². The number of fused-ring (bicyclic) bond motifs is 1. The minimum absolute atomic E-state index is 0.0411. The lowest BCUT2D eigenvalue weighted by Gasteiger charge is -2.16. The second kappa shape index (κ2) is 4.48. The molecule has 1 unspecified atom stereocenters. The average molecular weight is 249 g/mol. The smallest absolute Gasteiger partial charge is 0.191 e. The van der Waals surface area contributed by atoms with Crippen molar-refractivity contribution in [3.8, 4) is 5.75 Å². The Morgan fingerprint density at radius 1 is 1.39 bits per heavy atom. The summed E-state index contributed by atoms with van der Waals surface area (Å²) in [5, 5.41) is 6.57. The van der Waals surface area contributed by atoms with Gasteiger partial charge in [0.2, 0.25) is 0 Å². The monoisotopic (exact) mass is 249 g/mol. The van der Waals surface area contributed by atoms with Crippen LogP contribution in [0.4, 0.5) is 4.39 Å². The Morgan fingerprint density at radius 3 is 2.94 bits per heavy atom. The molecule has 1 saturated carbocycles. The predicted molar refractivity (Wildman–Crippen MR) is 67.3 cm³/mol. The number of rotatable bonds is 2. The van der Waals surface area contributed by atoms with Crippen molar-refractivity contribution in [2.24, 2.45) is 4.99 Å². The molecule has 1 fully saturated rings. The molecule has 0 spiro atoms. The lowest BCUT2D eigenvalue weighted by molar-refractivity contribution is 0.323. The first kappa shape index (κ1) is 11.3. The fraction of sp³-hybridized carbons (Fsp3) is 0.462. The Labute approximate surface area is 105 Å². The van der Waals surface area contributed by atoms with Gasteiger partial charge in [-0.15, -0.1) is 0 Å². The molecule has 1 aromatic rings. The van der Waals surface area contributed by atoms with Crippen LogP contribution in [0.2, 0.25) is 0 Å². The fourth-order valence-corrected chi connectivity index (χ4v) is 2.06. The summed E-state index contributed by atoms with van der Waals surface area (Å²) in [6.45, 7) is 0.504. The van der Waals surface area contributed by atoms with E-state index in [-0.39, 0.29) is 11.9 Å². The number of nitrogens with zero attached hydrogens (tertiary/aromatic N) is 1. The molecule has 1 aromatic carbocycles. The predicted octanol–water partition coefficient (Wildman–Crippen LogP) is 1.59. The van der Waals surface area contributed by atoms with Crippen molar-refractivity contribution in [2.75, 3.05) is 13.7 Å². The number of aliphatic imine (C=N–C) groups is 1. The van der Waals surface area contributed by atoms with E-state index in [1.165, 1.54) is 25.0 Å². The minimum Gasteiger partial charge on any atom is -0.491 e. The Bertz CT molecular complexity index is 485. The van der Waals surface area contributed by atoms with Crippen molar-refractivity contribution in [3.05, 3.63) is 29.6 Å². The zero-order chi connectivity index (χ0) is 12.5. The summed E-state index contributed by atoms with van der Waals surface area (Å²) in [5.41, 5.74) is 0.855.